The molecule has 4 heteroatoms. The summed E-state index contributed by atoms with van der Waals surface area (Å²) in [6.45, 7) is 4.75. The van der Waals surface area contributed by atoms with Crippen LogP contribution in [0.2, 0.25) is 0 Å². The van der Waals surface area contributed by atoms with E-state index in [1.54, 1.807) is 6.07 Å². The van der Waals surface area contributed by atoms with Crippen LogP contribution in [0.4, 0.5) is 0 Å². The molecule has 1 saturated heterocycles. The second-order valence-corrected chi connectivity index (χ2v) is 4.26. The molecule has 1 aliphatic rings. The molecule has 0 amide bonds. The summed E-state index contributed by atoms with van der Waals surface area (Å²) < 4.78 is 10.9. The fourth-order valence-corrected chi connectivity index (χ4v) is 1.93. The molecule has 2 rings (SSSR count). The number of nitrogens with one attached hydrogen (secondary N) is 1. The van der Waals surface area contributed by atoms with E-state index in [-0.39, 0.29) is 12.1 Å². The fraction of sp³-hybridized carbons (Fsp3) is 0.538. The summed E-state index contributed by atoms with van der Waals surface area (Å²) in [7, 11) is 0. The molecule has 1 aromatic carbocycles. The SMILES string of the molecule is CC(NCC1COCCO1)c1ccccc1O. The average molecular weight is 237 g/mol. The number of hydrogen-bond donors (Lipinski definition) is 2. The normalized spacial score (nSPS) is 22.3. The van der Waals surface area contributed by atoms with Crippen LogP contribution in [0, 0.1) is 0 Å². The molecule has 0 radical (unpaired) electrons. The van der Waals surface area contributed by atoms with Gasteiger partial charge in [-0.25, -0.2) is 0 Å². The summed E-state index contributed by atoms with van der Waals surface area (Å²) in [4.78, 5) is 0. The fourth-order valence-electron chi connectivity index (χ4n) is 1.93. The lowest BCUT2D eigenvalue weighted by Crippen LogP contribution is -2.38. The van der Waals surface area contributed by atoms with Crippen molar-refractivity contribution in [1.29, 1.82) is 0 Å². The first kappa shape index (κ1) is 12.4. The molecule has 4 nitrogen and oxygen atoms in total. The molecular weight excluding hydrogens is 218 g/mol. The Kier molecular flexibility index (Phi) is 4.36. The van der Waals surface area contributed by atoms with Gasteiger partial charge in [0.25, 0.3) is 0 Å². The highest BCUT2D eigenvalue weighted by atomic mass is 16.6. The monoisotopic (exact) mass is 237 g/mol. The van der Waals surface area contributed by atoms with E-state index in [9.17, 15) is 5.11 Å². The molecule has 94 valence electrons. The largest absolute Gasteiger partial charge is 0.508 e. The van der Waals surface area contributed by atoms with E-state index in [2.05, 4.69) is 5.32 Å². The van der Waals surface area contributed by atoms with Crippen molar-refractivity contribution in [2.24, 2.45) is 0 Å². The van der Waals surface area contributed by atoms with Crippen LogP contribution in [0.1, 0.15) is 18.5 Å². The standard InChI is InChI=1S/C13H19NO3/c1-10(12-4-2-3-5-13(12)15)14-8-11-9-16-6-7-17-11/h2-5,10-11,14-15H,6-9H2,1H3. The Morgan fingerprint density at radius 1 is 1.41 bits per heavy atom. The summed E-state index contributed by atoms with van der Waals surface area (Å²) in [6, 6.07) is 7.47. The summed E-state index contributed by atoms with van der Waals surface area (Å²) in [6.07, 6.45) is 0.108. The molecule has 1 fully saturated rings. The second kappa shape index (κ2) is 6.00. The summed E-state index contributed by atoms with van der Waals surface area (Å²) >= 11 is 0. The lowest BCUT2D eigenvalue weighted by Gasteiger charge is -2.25. The number of rotatable bonds is 4. The lowest BCUT2D eigenvalue weighted by molar-refractivity contribution is -0.0869. The van der Waals surface area contributed by atoms with Crippen LogP contribution in [0.3, 0.4) is 0 Å². The minimum atomic E-state index is 0.0988. The summed E-state index contributed by atoms with van der Waals surface area (Å²) in [5, 5.41) is 13.1. The molecule has 0 aliphatic carbocycles. The topological polar surface area (TPSA) is 50.7 Å². The Morgan fingerprint density at radius 3 is 2.94 bits per heavy atom. The van der Waals surface area contributed by atoms with Crippen LogP contribution in [-0.2, 0) is 9.47 Å². The molecule has 2 atom stereocenters. The number of ether oxygens (including phenoxy) is 2. The van der Waals surface area contributed by atoms with E-state index >= 15 is 0 Å². The first-order valence-electron chi connectivity index (χ1n) is 5.98. The third kappa shape index (κ3) is 3.43. The minimum Gasteiger partial charge on any atom is -0.508 e. The first-order valence-corrected chi connectivity index (χ1v) is 5.98. The average Bonchev–Trinajstić information content (AvgIpc) is 2.38. The molecule has 17 heavy (non-hydrogen) atoms. The van der Waals surface area contributed by atoms with Gasteiger partial charge >= 0.3 is 0 Å². The number of para-hydroxylation sites is 1. The van der Waals surface area contributed by atoms with Crippen molar-refractivity contribution in [2.45, 2.75) is 19.1 Å². The third-order valence-corrected chi connectivity index (χ3v) is 2.94. The smallest absolute Gasteiger partial charge is 0.120 e. The minimum absolute atomic E-state index is 0.0988. The van der Waals surface area contributed by atoms with Crippen molar-refractivity contribution >= 4 is 0 Å². The maximum Gasteiger partial charge on any atom is 0.120 e. The van der Waals surface area contributed by atoms with Crippen LogP contribution in [0.25, 0.3) is 0 Å². The molecule has 0 spiro atoms. The number of phenols is 1. The van der Waals surface area contributed by atoms with Crippen LogP contribution in [-0.4, -0.2) is 37.6 Å². The van der Waals surface area contributed by atoms with E-state index in [1.807, 2.05) is 25.1 Å². The van der Waals surface area contributed by atoms with E-state index in [0.29, 0.717) is 25.6 Å². The maximum absolute atomic E-state index is 9.72. The van der Waals surface area contributed by atoms with Gasteiger partial charge in [-0.2, -0.15) is 0 Å². The predicted octanol–water partition coefficient (Wildman–Crippen LogP) is 1.46. The quantitative estimate of drug-likeness (QED) is 0.832. The van der Waals surface area contributed by atoms with Gasteiger partial charge in [0, 0.05) is 18.2 Å². The van der Waals surface area contributed by atoms with Crippen molar-refractivity contribution < 1.29 is 14.6 Å². The van der Waals surface area contributed by atoms with Crippen molar-refractivity contribution in [1.82, 2.24) is 5.32 Å². The highest BCUT2D eigenvalue weighted by Gasteiger charge is 2.16. The van der Waals surface area contributed by atoms with Gasteiger partial charge in [-0.1, -0.05) is 18.2 Å². The zero-order valence-electron chi connectivity index (χ0n) is 10.1. The van der Waals surface area contributed by atoms with Gasteiger partial charge in [-0.3, -0.25) is 0 Å². The van der Waals surface area contributed by atoms with Crippen LogP contribution in [0.15, 0.2) is 24.3 Å². The molecule has 0 bridgehead atoms. The second-order valence-electron chi connectivity index (χ2n) is 4.26. The van der Waals surface area contributed by atoms with Crippen molar-refractivity contribution in [3.05, 3.63) is 29.8 Å². The van der Waals surface area contributed by atoms with Crippen molar-refractivity contribution in [3.8, 4) is 5.75 Å². The van der Waals surface area contributed by atoms with E-state index in [1.165, 1.54) is 0 Å². The summed E-state index contributed by atoms with van der Waals surface area (Å²) in [5.41, 5.74) is 0.907. The van der Waals surface area contributed by atoms with Gasteiger partial charge in [-0.15, -0.1) is 0 Å². The van der Waals surface area contributed by atoms with Gasteiger partial charge in [0.2, 0.25) is 0 Å². The number of aromatic hydroxyl groups is 1. The highest BCUT2D eigenvalue weighted by Crippen LogP contribution is 2.22. The molecule has 2 unspecified atom stereocenters. The third-order valence-electron chi connectivity index (χ3n) is 2.94. The van der Waals surface area contributed by atoms with E-state index in [4.69, 9.17) is 9.47 Å². The van der Waals surface area contributed by atoms with Gasteiger partial charge in [0.15, 0.2) is 0 Å². The zero-order valence-corrected chi connectivity index (χ0v) is 10.1. The van der Waals surface area contributed by atoms with Gasteiger partial charge < -0.3 is 19.9 Å². The number of phenolic OH excluding ortho intramolecular Hbond substituents is 1. The number of benzene rings is 1. The first-order chi connectivity index (χ1) is 8.27. The van der Waals surface area contributed by atoms with E-state index < -0.39 is 0 Å². The Labute approximate surface area is 102 Å². The highest BCUT2D eigenvalue weighted by molar-refractivity contribution is 5.34. The predicted molar refractivity (Wildman–Crippen MR) is 65.1 cm³/mol. The van der Waals surface area contributed by atoms with Crippen LogP contribution in [0.5, 0.6) is 5.75 Å². The summed E-state index contributed by atoms with van der Waals surface area (Å²) in [5.74, 6) is 0.327. The Bertz CT molecular complexity index is 350. The van der Waals surface area contributed by atoms with Crippen molar-refractivity contribution in [3.63, 3.8) is 0 Å². The van der Waals surface area contributed by atoms with Crippen molar-refractivity contribution in [2.75, 3.05) is 26.4 Å². The molecule has 0 saturated carbocycles. The molecule has 1 aliphatic heterocycles. The van der Waals surface area contributed by atoms with E-state index in [0.717, 1.165) is 12.1 Å². The number of hydrogen-bond acceptors (Lipinski definition) is 4. The van der Waals surface area contributed by atoms with Gasteiger partial charge in [0.1, 0.15) is 5.75 Å². The van der Waals surface area contributed by atoms with Gasteiger partial charge in [0.05, 0.1) is 25.9 Å². The molecule has 1 heterocycles. The Balaban J connectivity index is 1.84. The molecule has 0 aromatic heterocycles. The molecular formula is C13H19NO3. The molecule has 1 aromatic rings. The van der Waals surface area contributed by atoms with Gasteiger partial charge in [-0.05, 0) is 13.0 Å². The van der Waals surface area contributed by atoms with Crippen LogP contribution < -0.4 is 5.32 Å². The lowest BCUT2D eigenvalue weighted by atomic mass is 10.1. The Hall–Kier alpha value is -1.10. The zero-order chi connectivity index (χ0) is 12.1. The Morgan fingerprint density at radius 2 is 2.24 bits per heavy atom. The van der Waals surface area contributed by atoms with Crippen LogP contribution >= 0.6 is 0 Å². The molecule has 2 N–H and O–H groups in total. The maximum atomic E-state index is 9.72.